The minimum atomic E-state index is -0.502. The highest BCUT2D eigenvalue weighted by Gasteiger charge is 2.41. The largest absolute Gasteiger partial charge is 0.380 e. The summed E-state index contributed by atoms with van der Waals surface area (Å²) in [6.45, 7) is 0.442. The average Bonchev–Trinajstić information content (AvgIpc) is 2.26. The van der Waals surface area contributed by atoms with Crippen LogP contribution in [0.3, 0.4) is 0 Å². The van der Waals surface area contributed by atoms with Gasteiger partial charge in [0, 0.05) is 30.2 Å². The van der Waals surface area contributed by atoms with Crippen LogP contribution in [0.4, 0.5) is 8.78 Å². The van der Waals surface area contributed by atoms with Crippen LogP contribution >= 0.6 is 0 Å². The molecular weight excluding hydrogens is 224 g/mol. The second kappa shape index (κ2) is 4.70. The van der Waals surface area contributed by atoms with Gasteiger partial charge in [-0.1, -0.05) is 12.5 Å². The SMILES string of the molecule is COCc1ccc(F)c(C2(CN)CCC2)c1F. The summed E-state index contributed by atoms with van der Waals surface area (Å²) >= 11 is 0. The molecule has 0 atom stereocenters. The third-order valence-corrected chi connectivity index (χ3v) is 3.70. The lowest BCUT2D eigenvalue weighted by molar-refractivity contribution is 0.178. The van der Waals surface area contributed by atoms with Crippen LogP contribution in [-0.2, 0) is 16.8 Å². The van der Waals surface area contributed by atoms with Gasteiger partial charge in [-0.2, -0.15) is 0 Å². The van der Waals surface area contributed by atoms with Gasteiger partial charge in [0.25, 0.3) is 0 Å². The first-order valence-electron chi connectivity index (χ1n) is 5.81. The average molecular weight is 241 g/mol. The molecule has 1 aromatic rings. The third kappa shape index (κ3) is 1.96. The molecule has 0 heterocycles. The molecule has 0 aromatic heterocycles. The lowest BCUT2D eigenvalue weighted by atomic mass is 9.64. The van der Waals surface area contributed by atoms with Crippen molar-refractivity contribution in [1.29, 1.82) is 0 Å². The Morgan fingerprint density at radius 2 is 2.06 bits per heavy atom. The van der Waals surface area contributed by atoms with Gasteiger partial charge in [0.1, 0.15) is 11.6 Å². The van der Waals surface area contributed by atoms with Crippen LogP contribution < -0.4 is 5.73 Å². The van der Waals surface area contributed by atoms with E-state index >= 15 is 0 Å². The molecular formula is C13H17F2NO. The second-order valence-corrected chi connectivity index (χ2v) is 4.67. The van der Waals surface area contributed by atoms with E-state index in [1.54, 1.807) is 0 Å². The van der Waals surface area contributed by atoms with E-state index in [4.69, 9.17) is 10.5 Å². The minimum Gasteiger partial charge on any atom is -0.380 e. The number of halogens is 2. The van der Waals surface area contributed by atoms with E-state index < -0.39 is 17.0 Å². The number of ether oxygens (including phenoxy) is 1. The first kappa shape index (κ1) is 12.5. The van der Waals surface area contributed by atoms with Crippen LogP contribution in [0.25, 0.3) is 0 Å². The van der Waals surface area contributed by atoms with Gasteiger partial charge in [0.05, 0.1) is 6.61 Å². The fourth-order valence-electron chi connectivity index (χ4n) is 2.51. The summed E-state index contributed by atoms with van der Waals surface area (Å²) in [6.07, 6.45) is 2.49. The lowest BCUT2D eigenvalue weighted by Gasteiger charge is -2.42. The van der Waals surface area contributed by atoms with Gasteiger partial charge in [-0.15, -0.1) is 0 Å². The van der Waals surface area contributed by atoms with Crippen molar-refractivity contribution in [2.24, 2.45) is 5.73 Å². The van der Waals surface area contributed by atoms with Crippen molar-refractivity contribution in [1.82, 2.24) is 0 Å². The number of methoxy groups -OCH3 is 1. The molecule has 0 aliphatic heterocycles. The summed E-state index contributed by atoms with van der Waals surface area (Å²) in [5.74, 6) is -0.982. The second-order valence-electron chi connectivity index (χ2n) is 4.67. The van der Waals surface area contributed by atoms with E-state index in [0.717, 1.165) is 19.3 Å². The zero-order valence-electron chi connectivity index (χ0n) is 9.93. The van der Waals surface area contributed by atoms with Crippen LogP contribution in [0.5, 0.6) is 0 Å². The van der Waals surface area contributed by atoms with Crippen LogP contribution in [0, 0.1) is 11.6 Å². The van der Waals surface area contributed by atoms with Crippen molar-refractivity contribution in [3.05, 3.63) is 34.9 Å². The highest BCUT2D eigenvalue weighted by Crippen LogP contribution is 2.45. The molecule has 2 rings (SSSR count). The number of benzene rings is 1. The zero-order chi connectivity index (χ0) is 12.5. The number of hydrogen-bond acceptors (Lipinski definition) is 2. The molecule has 0 radical (unpaired) electrons. The Morgan fingerprint density at radius 1 is 1.35 bits per heavy atom. The number of hydrogen-bond donors (Lipinski definition) is 1. The molecule has 0 saturated heterocycles. The van der Waals surface area contributed by atoms with E-state index in [-0.39, 0.29) is 18.7 Å². The zero-order valence-corrected chi connectivity index (χ0v) is 9.93. The molecule has 0 amide bonds. The maximum atomic E-state index is 14.2. The van der Waals surface area contributed by atoms with Crippen molar-refractivity contribution in [3.8, 4) is 0 Å². The van der Waals surface area contributed by atoms with E-state index in [2.05, 4.69) is 0 Å². The maximum Gasteiger partial charge on any atom is 0.135 e. The number of rotatable bonds is 4. The van der Waals surface area contributed by atoms with E-state index in [1.165, 1.54) is 19.2 Å². The molecule has 17 heavy (non-hydrogen) atoms. The highest BCUT2D eigenvalue weighted by atomic mass is 19.1. The summed E-state index contributed by atoms with van der Waals surface area (Å²) in [7, 11) is 1.49. The molecule has 94 valence electrons. The molecule has 4 heteroatoms. The molecule has 2 nitrogen and oxygen atoms in total. The van der Waals surface area contributed by atoms with E-state index in [9.17, 15) is 8.78 Å². The van der Waals surface area contributed by atoms with Gasteiger partial charge in [0.15, 0.2) is 0 Å². The fraction of sp³-hybridized carbons (Fsp3) is 0.538. The molecule has 0 spiro atoms. The van der Waals surface area contributed by atoms with Gasteiger partial charge in [-0.25, -0.2) is 8.78 Å². The van der Waals surface area contributed by atoms with Crippen molar-refractivity contribution in [3.63, 3.8) is 0 Å². The monoisotopic (exact) mass is 241 g/mol. The van der Waals surface area contributed by atoms with Crippen LogP contribution in [0.2, 0.25) is 0 Å². The van der Waals surface area contributed by atoms with Gasteiger partial charge < -0.3 is 10.5 Å². The summed E-state index contributed by atoms with van der Waals surface area (Å²) in [5.41, 5.74) is 5.74. The molecule has 1 saturated carbocycles. The van der Waals surface area contributed by atoms with Crippen molar-refractivity contribution >= 4 is 0 Å². The van der Waals surface area contributed by atoms with Crippen LogP contribution in [0.15, 0.2) is 12.1 Å². The Labute approximate surface area is 99.8 Å². The normalized spacial score (nSPS) is 17.9. The smallest absolute Gasteiger partial charge is 0.135 e. The van der Waals surface area contributed by atoms with Crippen molar-refractivity contribution in [2.75, 3.05) is 13.7 Å². The molecule has 1 aliphatic carbocycles. The summed E-state index contributed by atoms with van der Waals surface area (Å²) in [5, 5.41) is 0. The van der Waals surface area contributed by atoms with E-state index in [1.807, 2.05) is 0 Å². The lowest BCUT2D eigenvalue weighted by Crippen LogP contribution is -2.43. The molecule has 2 N–H and O–H groups in total. The van der Waals surface area contributed by atoms with Crippen molar-refractivity contribution < 1.29 is 13.5 Å². The maximum absolute atomic E-state index is 14.2. The van der Waals surface area contributed by atoms with Crippen LogP contribution in [0.1, 0.15) is 30.4 Å². The molecule has 0 bridgehead atoms. The quantitative estimate of drug-likeness (QED) is 0.879. The minimum absolute atomic E-state index is 0.153. The Kier molecular flexibility index (Phi) is 3.45. The van der Waals surface area contributed by atoms with Crippen LogP contribution in [-0.4, -0.2) is 13.7 Å². The summed E-state index contributed by atoms with van der Waals surface area (Å²) < 4.78 is 33.0. The predicted molar refractivity (Wildman–Crippen MR) is 61.7 cm³/mol. The Morgan fingerprint density at radius 3 is 2.53 bits per heavy atom. The van der Waals surface area contributed by atoms with Gasteiger partial charge in [-0.3, -0.25) is 0 Å². The van der Waals surface area contributed by atoms with Gasteiger partial charge in [0.2, 0.25) is 0 Å². The predicted octanol–water partition coefficient (Wildman–Crippen LogP) is 2.49. The third-order valence-electron chi connectivity index (χ3n) is 3.70. The topological polar surface area (TPSA) is 35.2 Å². The Bertz CT molecular complexity index is 411. The Hall–Kier alpha value is -1.00. The van der Waals surface area contributed by atoms with Gasteiger partial charge >= 0.3 is 0 Å². The molecule has 0 unspecified atom stereocenters. The number of nitrogens with two attached hydrogens (primary N) is 1. The summed E-state index contributed by atoms with van der Waals surface area (Å²) in [6, 6.07) is 2.74. The summed E-state index contributed by atoms with van der Waals surface area (Å²) in [4.78, 5) is 0. The standard InChI is InChI=1S/C13H17F2NO/c1-17-7-9-3-4-10(14)11(12(9)15)13(8-16)5-2-6-13/h3-4H,2,5-8,16H2,1H3. The first-order chi connectivity index (χ1) is 8.14. The molecule has 1 fully saturated rings. The fourth-order valence-corrected chi connectivity index (χ4v) is 2.51. The molecule has 1 aliphatic rings. The first-order valence-corrected chi connectivity index (χ1v) is 5.81. The van der Waals surface area contributed by atoms with E-state index in [0.29, 0.717) is 5.56 Å². The highest BCUT2D eigenvalue weighted by molar-refractivity contribution is 5.35. The van der Waals surface area contributed by atoms with Crippen molar-refractivity contribution in [2.45, 2.75) is 31.3 Å². The Balaban J connectivity index is 2.48. The van der Waals surface area contributed by atoms with Gasteiger partial charge in [-0.05, 0) is 18.9 Å². The molecule has 1 aromatic carbocycles.